The van der Waals surface area contributed by atoms with Crippen LogP contribution in [0, 0.1) is 5.41 Å². The fourth-order valence-corrected chi connectivity index (χ4v) is 2.21. The minimum atomic E-state index is -1.06. The second-order valence-electron chi connectivity index (χ2n) is 5.58. The first-order valence-corrected chi connectivity index (χ1v) is 6.55. The highest BCUT2D eigenvalue weighted by Gasteiger charge is 2.49. The first-order chi connectivity index (χ1) is 8.71. The van der Waals surface area contributed by atoms with Crippen molar-refractivity contribution in [1.29, 1.82) is 0 Å². The molecule has 5 heteroatoms. The highest BCUT2D eigenvalue weighted by molar-refractivity contribution is 6.01. The number of carboxylic acid groups (broad SMARTS) is 1. The first-order valence-electron chi connectivity index (χ1n) is 6.55. The molecule has 1 amide bonds. The molecule has 0 aromatic rings. The zero-order valence-electron chi connectivity index (χ0n) is 12.2. The maximum atomic E-state index is 12.0. The van der Waals surface area contributed by atoms with Crippen molar-refractivity contribution in [2.75, 3.05) is 6.61 Å². The van der Waals surface area contributed by atoms with E-state index in [9.17, 15) is 9.59 Å². The van der Waals surface area contributed by atoms with E-state index >= 15 is 0 Å². The van der Waals surface area contributed by atoms with Gasteiger partial charge in [0.1, 0.15) is 0 Å². The summed E-state index contributed by atoms with van der Waals surface area (Å²) >= 11 is 0. The lowest BCUT2D eigenvalue weighted by Gasteiger charge is -2.51. The summed E-state index contributed by atoms with van der Waals surface area (Å²) in [6, 6.07) is 0.0214. The monoisotopic (exact) mass is 269 g/mol. The Labute approximate surface area is 114 Å². The van der Waals surface area contributed by atoms with Crippen molar-refractivity contribution in [3.63, 3.8) is 0 Å². The van der Waals surface area contributed by atoms with Crippen LogP contribution in [0.15, 0.2) is 11.1 Å². The fourth-order valence-electron chi connectivity index (χ4n) is 2.21. The van der Waals surface area contributed by atoms with Gasteiger partial charge >= 0.3 is 5.97 Å². The van der Waals surface area contributed by atoms with Crippen LogP contribution in [0.4, 0.5) is 0 Å². The Balaban J connectivity index is 2.66. The second-order valence-corrected chi connectivity index (χ2v) is 5.58. The van der Waals surface area contributed by atoms with Crippen LogP contribution in [0.3, 0.4) is 0 Å². The highest BCUT2D eigenvalue weighted by atomic mass is 16.5. The number of hydrogen-bond acceptors (Lipinski definition) is 3. The molecule has 19 heavy (non-hydrogen) atoms. The summed E-state index contributed by atoms with van der Waals surface area (Å²) in [5.41, 5.74) is 0.211. The molecule has 1 saturated carbocycles. The molecule has 2 atom stereocenters. The van der Waals surface area contributed by atoms with Gasteiger partial charge in [-0.3, -0.25) is 4.79 Å². The summed E-state index contributed by atoms with van der Waals surface area (Å²) in [7, 11) is 0. The van der Waals surface area contributed by atoms with Gasteiger partial charge in [-0.15, -0.1) is 0 Å². The molecule has 0 heterocycles. The van der Waals surface area contributed by atoms with E-state index in [4.69, 9.17) is 9.84 Å². The summed E-state index contributed by atoms with van der Waals surface area (Å²) in [6.07, 6.45) is 0.916. The van der Waals surface area contributed by atoms with E-state index in [-0.39, 0.29) is 34.6 Å². The zero-order chi connectivity index (χ0) is 14.8. The Morgan fingerprint density at radius 1 is 1.32 bits per heavy atom. The van der Waals surface area contributed by atoms with Crippen LogP contribution in [0.2, 0.25) is 0 Å². The van der Waals surface area contributed by atoms with Gasteiger partial charge in [-0.2, -0.15) is 0 Å². The number of amides is 1. The largest absolute Gasteiger partial charge is 0.478 e. The minimum absolute atomic E-state index is 0.0214. The summed E-state index contributed by atoms with van der Waals surface area (Å²) in [6.45, 7) is 9.67. The Morgan fingerprint density at radius 2 is 1.89 bits per heavy atom. The van der Waals surface area contributed by atoms with Crippen LogP contribution in [-0.2, 0) is 14.3 Å². The average Bonchev–Trinajstić information content (AvgIpc) is 2.35. The number of aliphatic carboxylic acids is 1. The number of carbonyl (C=O) groups is 2. The van der Waals surface area contributed by atoms with E-state index in [2.05, 4.69) is 5.32 Å². The topological polar surface area (TPSA) is 75.6 Å². The molecule has 1 aliphatic rings. The first kappa shape index (κ1) is 15.7. The van der Waals surface area contributed by atoms with Crippen LogP contribution >= 0.6 is 0 Å². The third-order valence-electron chi connectivity index (χ3n) is 4.07. The van der Waals surface area contributed by atoms with Gasteiger partial charge in [-0.1, -0.05) is 13.8 Å². The summed E-state index contributed by atoms with van der Waals surface area (Å²) in [5.74, 6) is -1.37. The number of nitrogens with one attached hydrogen (secondary N) is 1. The molecule has 108 valence electrons. The predicted octanol–water partition coefficient (Wildman–Crippen LogP) is 1.73. The van der Waals surface area contributed by atoms with Crippen molar-refractivity contribution in [2.24, 2.45) is 5.41 Å². The maximum absolute atomic E-state index is 12.0. The van der Waals surface area contributed by atoms with Crippen LogP contribution in [-0.4, -0.2) is 35.7 Å². The molecule has 5 nitrogen and oxygen atoms in total. The van der Waals surface area contributed by atoms with Crippen molar-refractivity contribution >= 4 is 11.9 Å². The molecule has 0 radical (unpaired) electrons. The summed E-state index contributed by atoms with van der Waals surface area (Å²) in [4.78, 5) is 22.8. The number of ether oxygens (including phenoxy) is 1. The van der Waals surface area contributed by atoms with Crippen molar-refractivity contribution in [3.8, 4) is 0 Å². The number of carboxylic acids is 1. The van der Waals surface area contributed by atoms with Crippen LogP contribution in [0.5, 0.6) is 0 Å². The van der Waals surface area contributed by atoms with Gasteiger partial charge in [-0.05, 0) is 27.2 Å². The molecule has 1 rings (SSSR count). The second kappa shape index (κ2) is 5.74. The van der Waals surface area contributed by atoms with E-state index in [1.807, 2.05) is 20.8 Å². The van der Waals surface area contributed by atoms with Gasteiger partial charge in [0.2, 0.25) is 5.91 Å². The smallest absolute Gasteiger partial charge is 0.331 e. The van der Waals surface area contributed by atoms with Crippen molar-refractivity contribution < 1.29 is 19.4 Å². The highest BCUT2D eigenvalue weighted by Crippen LogP contribution is 2.42. The molecule has 0 aromatic heterocycles. The predicted molar refractivity (Wildman–Crippen MR) is 71.8 cm³/mol. The Kier molecular flexibility index (Phi) is 4.74. The van der Waals surface area contributed by atoms with Crippen molar-refractivity contribution in [2.45, 2.75) is 53.2 Å². The molecule has 0 aliphatic heterocycles. The van der Waals surface area contributed by atoms with Crippen molar-refractivity contribution in [1.82, 2.24) is 5.32 Å². The van der Waals surface area contributed by atoms with E-state index in [0.29, 0.717) is 6.61 Å². The number of hydrogen-bond donors (Lipinski definition) is 2. The van der Waals surface area contributed by atoms with Crippen LogP contribution < -0.4 is 5.32 Å². The Bertz CT molecular complexity index is 412. The Hall–Kier alpha value is -1.36. The van der Waals surface area contributed by atoms with Gasteiger partial charge in [0.15, 0.2) is 0 Å². The van der Waals surface area contributed by atoms with E-state index in [0.717, 1.165) is 6.42 Å². The van der Waals surface area contributed by atoms with Gasteiger partial charge in [0, 0.05) is 29.2 Å². The summed E-state index contributed by atoms with van der Waals surface area (Å²) in [5, 5.41) is 11.8. The summed E-state index contributed by atoms with van der Waals surface area (Å²) < 4.78 is 5.59. The van der Waals surface area contributed by atoms with Gasteiger partial charge < -0.3 is 15.2 Å². The molecule has 0 saturated heterocycles. The molecule has 1 aliphatic carbocycles. The van der Waals surface area contributed by atoms with E-state index < -0.39 is 5.97 Å². The zero-order valence-corrected chi connectivity index (χ0v) is 12.2. The SMILES string of the molecule is CCOC1CC(NC(=O)C(C)=C(C)C(=O)O)C1(C)C. The molecule has 0 spiro atoms. The van der Waals surface area contributed by atoms with Gasteiger partial charge in [-0.25, -0.2) is 4.79 Å². The molecular weight excluding hydrogens is 246 g/mol. The van der Waals surface area contributed by atoms with Crippen LogP contribution in [0.1, 0.15) is 41.0 Å². The van der Waals surface area contributed by atoms with Crippen molar-refractivity contribution in [3.05, 3.63) is 11.1 Å². The molecule has 0 bridgehead atoms. The number of rotatable bonds is 5. The molecule has 2 N–H and O–H groups in total. The third kappa shape index (κ3) is 3.15. The minimum Gasteiger partial charge on any atom is -0.478 e. The molecular formula is C14H23NO4. The standard InChI is InChI=1S/C14H23NO4/c1-6-19-11-7-10(14(11,4)5)15-12(16)8(2)9(3)13(17)18/h10-11H,6-7H2,1-5H3,(H,15,16)(H,17,18). The lowest BCUT2D eigenvalue weighted by Crippen LogP contribution is -2.62. The Morgan fingerprint density at radius 3 is 2.32 bits per heavy atom. The average molecular weight is 269 g/mol. The quantitative estimate of drug-likeness (QED) is 0.745. The fraction of sp³-hybridized carbons (Fsp3) is 0.714. The van der Waals surface area contributed by atoms with Crippen LogP contribution in [0.25, 0.3) is 0 Å². The van der Waals surface area contributed by atoms with Gasteiger partial charge in [0.25, 0.3) is 0 Å². The third-order valence-corrected chi connectivity index (χ3v) is 4.07. The molecule has 0 aromatic carbocycles. The number of carbonyl (C=O) groups excluding carboxylic acids is 1. The van der Waals surface area contributed by atoms with Gasteiger partial charge in [0.05, 0.1) is 6.10 Å². The maximum Gasteiger partial charge on any atom is 0.331 e. The van der Waals surface area contributed by atoms with E-state index in [1.54, 1.807) is 0 Å². The normalized spacial score (nSPS) is 26.2. The van der Waals surface area contributed by atoms with E-state index in [1.165, 1.54) is 13.8 Å². The molecule has 1 fully saturated rings. The lowest BCUT2D eigenvalue weighted by molar-refractivity contribution is -0.135. The molecule has 2 unspecified atom stereocenters. The lowest BCUT2D eigenvalue weighted by atomic mass is 9.64.